The van der Waals surface area contributed by atoms with E-state index < -0.39 is 12.3 Å². The Hall–Kier alpha value is -1.91. The largest absolute Gasteiger partial charge is 0.478 e. The number of hydrogen-bond donors (Lipinski definition) is 1. The van der Waals surface area contributed by atoms with E-state index in [-0.39, 0.29) is 0 Å². The van der Waals surface area contributed by atoms with Gasteiger partial charge in [-0.1, -0.05) is 0 Å². The van der Waals surface area contributed by atoms with Crippen molar-refractivity contribution in [1.29, 1.82) is 0 Å². The Balaban J connectivity index is 2.65. The minimum atomic E-state index is -2.09. The lowest BCUT2D eigenvalue weighted by Crippen LogP contribution is -2.13. The van der Waals surface area contributed by atoms with E-state index in [4.69, 9.17) is 5.11 Å². The van der Waals surface area contributed by atoms with Crippen molar-refractivity contribution >= 4 is 17.0 Å². The standard InChI is InChI=1S/C11H11FN2O2/c1-6-3-8-9(4-7(6)2)14(5-13-8)10(12)11(15)16/h3-5,10H,1-2H3,(H,15,16). The molecule has 2 rings (SSSR count). The van der Waals surface area contributed by atoms with Gasteiger partial charge in [0.2, 0.25) is 0 Å². The zero-order valence-corrected chi connectivity index (χ0v) is 8.94. The van der Waals surface area contributed by atoms with Crippen molar-refractivity contribution in [2.24, 2.45) is 0 Å². The Morgan fingerprint density at radius 2 is 2.06 bits per heavy atom. The molecule has 5 heteroatoms. The fourth-order valence-corrected chi connectivity index (χ4v) is 1.58. The summed E-state index contributed by atoms with van der Waals surface area (Å²) in [5, 5.41) is 8.61. The lowest BCUT2D eigenvalue weighted by molar-refractivity contribution is -0.146. The third-order valence-corrected chi connectivity index (χ3v) is 2.64. The fourth-order valence-electron chi connectivity index (χ4n) is 1.58. The molecule has 1 atom stereocenters. The molecule has 1 aromatic heterocycles. The van der Waals surface area contributed by atoms with Gasteiger partial charge in [-0.15, -0.1) is 0 Å². The van der Waals surface area contributed by atoms with Crippen molar-refractivity contribution < 1.29 is 14.3 Å². The third-order valence-electron chi connectivity index (χ3n) is 2.64. The summed E-state index contributed by atoms with van der Waals surface area (Å²) in [4.78, 5) is 14.6. The average Bonchev–Trinajstić information content (AvgIpc) is 2.60. The summed E-state index contributed by atoms with van der Waals surface area (Å²) in [6.07, 6.45) is -0.880. The lowest BCUT2D eigenvalue weighted by Gasteiger charge is -2.06. The van der Waals surface area contributed by atoms with Gasteiger partial charge in [-0.2, -0.15) is 0 Å². The molecule has 1 unspecified atom stereocenters. The number of halogens is 1. The topological polar surface area (TPSA) is 55.1 Å². The maximum Gasteiger partial charge on any atom is 0.359 e. The van der Waals surface area contributed by atoms with Gasteiger partial charge in [0.15, 0.2) is 0 Å². The van der Waals surface area contributed by atoms with Gasteiger partial charge in [-0.05, 0) is 37.1 Å². The van der Waals surface area contributed by atoms with E-state index in [9.17, 15) is 9.18 Å². The third kappa shape index (κ3) is 1.54. The van der Waals surface area contributed by atoms with Crippen molar-refractivity contribution in [2.75, 3.05) is 0 Å². The van der Waals surface area contributed by atoms with E-state index in [2.05, 4.69) is 4.98 Å². The molecule has 1 N–H and O–H groups in total. The van der Waals surface area contributed by atoms with Crippen LogP contribution in [0.3, 0.4) is 0 Å². The van der Waals surface area contributed by atoms with Crippen LogP contribution in [0.4, 0.5) is 4.39 Å². The van der Waals surface area contributed by atoms with Crippen molar-refractivity contribution in [3.8, 4) is 0 Å². The molecule has 0 spiro atoms. The van der Waals surface area contributed by atoms with Crippen LogP contribution < -0.4 is 0 Å². The van der Waals surface area contributed by atoms with Crippen LogP contribution in [0.5, 0.6) is 0 Å². The number of rotatable bonds is 2. The predicted octanol–water partition coefficient (Wildman–Crippen LogP) is 2.21. The zero-order chi connectivity index (χ0) is 11.9. The molecule has 0 aliphatic carbocycles. The average molecular weight is 222 g/mol. The summed E-state index contributed by atoms with van der Waals surface area (Å²) in [6.45, 7) is 3.82. The monoisotopic (exact) mass is 222 g/mol. The summed E-state index contributed by atoms with van der Waals surface area (Å²) < 4.78 is 14.4. The first kappa shape index (κ1) is 10.6. The number of imidazole rings is 1. The first-order chi connectivity index (χ1) is 7.50. The number of fused-ring (bicyclic) bond motifs is 1. The van der Waals surface area contributed by atoms with E-state index in [0.717, 1.165) is 15.7 Å². The molecule has 4 nitrogen and oxygen atoms in total. The molecule has 0 fully saturated rings. The van der Waals surface area contributed by atoms with Gasteiger partial charge in [-0.3, -0.25) is 4.57 Å². The maximum atomic E-state index is 13.4. The Kier molecular flexibility index (Phi) is 2.38. The Labute approximate surface area is 91.3 Å². The SMILES string of the molecule is Cc1cc2ncn(C(F)C(=O)O)c2cc1C. The molecule has 0 amide bonds. The molecule has 1 heterocycles. The predicted molar refractivity (Wildman–Crippen MR) is 57.0 cm³/mol. The van der Waals surface area contributed by atoms with E-state index in [1.165, 1.54) is 6.33 Å². The van der Waals surface area contributed by atoms with Crippen molar-refractivity contribution in [2.45, 2.75) is 20.1 Å². The number of carboxylic acids is 1. The van der Waals surface area contributed by atoms with Crippen molar-refractivity contribution in [3.63, 3.8) is 0 Å². The fraction of sp³-hybridized carbons (Fsp3) is 0.273. The highest BCUT2D eigenvalue weighted by Crippen LogP contribution is 2.22. The minimum absolute atomic E-state index is 0.498. The molecule has 0 saturated heterocycles. The molecule has 0 saturated carbocycles. The van der Waals surface area contributed by atoms with Crippen LogP contribution in [0, 0.1) is 13.8 Å². The molecule has 2 aromatic rings. The molecule has 0 aliphatic rings. The molecule has 1 aromatic carbocycles. The highest BCUT2D eigenvalue weighted by Gasteiger charge is 2.20. The molecule has 0 aliphatic heterocycles. The van der Waals surface area contributed by atoms with Crippen LogP contribution >= 0.6 is 0 Å². The van der Waals surface area contributed by atoms with E-state index in [1.54, 1.807) is 6.07 Å². The maximum absolute atomic E-state index is 13.4. The quantitative estimate of drug-likeness (QED) is 0.847. The molecule has 0 radical (unpaired) electrons. The highest BCUT2D eigenvalue weighted by atomic mass is 19.1. The summed E-state index contributed by atoms with van der Waals surface area (Å²) in [5.41, 5.74) is 3.13. The van der Waals surface area contributed by atoms with Crippen LogP contribution in [0.2, 0.25) is 0 Å². The van der Waals surface area contributed by atoms with Crippen LogP contribution in [0.15, 0.2) is 18.5 Å². The zero-order valence-electron chi connectivity index (χ0n) is 8.94. The first-order valence-corrected chi connectivity index (χ1v) is 4.81. The molecule has 84 valence electrons. The molecular weight excluding hydrogens is 211 g/mol. The Bertz CT molecular complexity index is 562. The van der Waals surface area contributed by atoms with Gasteiger partial charge < -0.3 is 5.11 Å². The van der Waals surface area contributed by atoms with Crippen LogP contribution in [0.1, 0.15) is 17.4 Å². The van der Waals surface area contributed by atoms with Gasteiger partial charge in [0, 0.05) is 0 Å². The number of carbonyl (C=O) groups is 1. The van der Waals surface area contributed by atoms with Gasteiger partial charge in [0.25, 0.3) is 6.30 Å². The normalized spacial score (nSPS) is 12.9. The minimum Gasteiger partial charge on any atom is -0.478 e. The van der Waals surface area contributed by atoms with Gasteiger partial charge >= 0.3 is 5.97 Å². The summed E-state index contributed by atoms with van der Waals surface area (Å²) in [7, 11) is 0. The number of aryl methyl sites for hydroxylation is 2. The number of nitrogens with zero attached hydrogens (tertiary/aromatic N) is 2. The van der Waals surface area contributed by atoms with Gasteiger partial charge in [0.1, 0.15) is 0 Å². The number of carboxylic acid groups (broad SMARTS) is 1. The summed E-state index contributed by atoms with van der Waals surface area (Å²) in [5.74, 6) is -1.52. The van der Waals surface area contributed by atoms with Crippen LogP contribution in [-0.4, -0.2) is 20.6 Å². The molecule has 0 bridgehead atoms. The van der Waals surface area contributed by atoms with Gasteiger partial charge in [0.05, 0.1) is 17.4 Å². The summed E-state index contributed by atoms with van der Waals surface area (Å²) >= 11 is 0. The number of benzene rings is 1. The second-order valence-corrected chi connectivity index (χ2v) is 3.75. The highest BCUT2D eigenvalue weighted by molar-refractivity contribution is 5.80. The van der Waals surface area contributed by atoms with Crippen LogP contribution in [-0.2, 0) is 4.79 Å². The van der Waals surface area contributed by atoms with E-state index >= 15 is 0 Å². The second kappa shape index (κ2) is 3.59. The number of alkyl halides is 1. The number of aliphatic carboxylic acids is 1. The first-order valence-electron chi connectivity index (χ1n) is 4.81. The van der Waals surface area contributed by atoms with Crippen molar-refractivity contribution in [3.05, 3.63) is 29.6 Å². The number of aromatic nitrogens is 2. The lowest BCUT2D eigenvalue weighted by atomic mass is 10.1. The smallest absolute Gasteiger partial charge is 0.359 e. The number of hydrogen-bond acceptors (Lipinski definition) is 2. The van der Waals surface area contributed by atoms with E-state index in [0.29, 0.717) is 11.0 Å². The second-order valence-electron chi connectivity index (χ2n) is 3.75. The Morgan fingerprint density at radius 1 is 1.44 bits per heavy atom. The van der Waals surface area contributed by atoms with E-state index in [1.807, 2.05) is 19.9 Å². The van der Waals surface area contributed by atoms with Gasteiger partial charge in [-0.25, -0.2) is 14.2 Å². The van der Waals surface area contributed by atoms with Crippen molar-refractivity contribution in [1.82, 2.24) is 9.55 Å². The molecular formula is C11H11FN2O2. The molecule has 16 heavy (non-hydrogen) atoms. The van der Waals surface area contributed by atoms with Crippen LogP contribution in [0.25, 0.3) is 11.0 Å². The Morgan fingerprint density at radius 3 is 2.69 bits per heavy atom. The summed E-state index contributed by atoms with van der Waals surface area (Å²) in [6, 6.07) is 3.56.